The number of hydrogen-bond acceptors (Lipinski definition) is 3. The molecule has 148 valence electrons. The van der Waals surface area contributed by atoms with Crippen LogP contribution in [0.2, 0.25) is 0 Å². The summed E-state index contributed by atoms with van der Waals surface area (Å²) in [6, 6.07) is 4.53. The molecule has 1 aliphatic carbocycles. The fourth-order valence-electron chi connectivity index (χ4n) is 3.84. The molecule has 1 aliphatic heterocycles. The number of amides is 2. The van der Waals surface area contributed by atoms with Crippen LogP contribution in [0.4, 0.5) is 13.2 Å². The summed E-state index contributed by atoms with van der Waals surface area (Å²) < 4.78 is 38.5. The zero-order chi connectivity index (χ0) is 19.6. The Kier molecular flexibility index (Phi) is 5.74. The minimum atomic E-state index is -4.48. The number of benzene rings is 1. The lowest BCUT2D eigenvalue weighted by Crippen LogP contribution is -2.51. The van der Waals surface area contributed by atoms with E-state index in [0.717, 1.165) is 31.4 Å². The van der Waals surface area contributed by atoms with Gasteiger partial charge < -0.3 is 15.5 Å². The molecule has 2 fully saturated rings. The minimum absolute atomic E-state index is 0.0153. The van der Waals surface area contributed by atoms with Crippen molar-refractivity contribution in [2.75, 3.05) is 26.2 Å². The molecule has 1 aromatic carbocycles. The van der Waals surface area contributed by atoms with Crippen molar-refractivity contribution in [3.63, 3.8) is 0 Å². The number of halogens is 3. The maximum atomic E-state index is 12.8. The van der Waals surface area contributed by atoms with E-state index in [4.69, 9.17) is 5.73 Å². The predicted octanol–water partition coefficient (Wildman–Crippen LogP) is 2.51. The first-order chi connectivity index (χ1) is 12.8. The van der Waals surface area contributed by atoms with Crippen LogP contribution in [0.3, 0.4) is 0 Å². The van der Waals surface area contributed by atoms with E-state index in [1.165, 1.54) is 17.0 Å². The van der Waals surface area contributed by atoms with Crippen LogP contribution < -0.4 is 5.73 Å². The smallest absolute Gasteiger partial charge is 0.339 e. The first kappa shape index (κ1) is 19.7. The number of nitrogens with zero attached hydrogens (tertiary/aromatic N) is 2. The second-order valence-corrected chi connectivity index (χ2v) is 7.31. The number of piperazine rings is 1. The quantitative estimate of drug-likeness (QED) is 0.872. The van der Waals surface area contributed by atoms with Gasteiger partial charge in [0.2, 0.25) is 5.91 Å². The molecule has 1 saturated carbocycles. The average molecular weight is 383 g/mol. The Labute approximate surface area is 156 Å². The van der Waals surface area contributed by atoms with Crippen molar-refractivity contribution in [2.24, 2.45) is 11.7 Å². The predicted molar refractivity (Wildman–Crippen MR) is 93.9 cm³/mol. The molecule has 2 aliphatic rings. The summed E-state index contributed by atoms with van der Waals surface area (Å²) in [5, 5.41) is 0. The van der Waals surface area contributed by atoms with Crippen molar-refractivity contribution >= 4 is 11.8 Å². The summed E-state index contributed by atoms with van der Waals surface area (Å²) in [5.74, 6) is -0.170. The number of nitrogens with two attached hydrogens (primary N) is 1. The lowest BCUT2D eigenvalue weighted by atomic mass is 9.99. The average Bonchev–Trinajstić information content (AvgIpc) is 3.05. The Bertz CT molecular complexity index is 700. The summed E-state index contributed by atoms with van der Waals surface area (Å²) in [4.78, 5) is 28.2. The van der Waals surface area contributed by atoms with Crippen LogP contribution >= 0.6 is 0 Å². The molecule has 5 nitrogen and oxygen atoms in total. The Balaban J connectivity index is 1.56. The standard InChI is InChI=1S/C19H24F3N3O2/c20-19(21,22)15-5-1-4-14(11-15)18(27)25-9-7-24(8-10-25)17(26)12-13-3-2-6-16(13)23/h1,4-5,11,13,16H,2-3,6-10,12,23H2/t13-,16+/m0/s1. The monoisotopic (exact) mass is 383 g/mol. The van der Waals surface area contributed by atoms with E-state index in [2.05, 4.69) is 0 Å². The maximum absolute atomic E-state index is 12.8. The molecule has 2 atom stereocenters. The first-order valence-electron chi connectivity index (χ1n) is 9.25. The van der Waals surface area contributed by atoms with Gasteiger partial charge in [0, 0.05) is 44.2 Å². The van der Waals surface area contributed by atoms with Crippen LogP contribution in [0.5, 0.6) is 0 Å². The number of carbonyl (C=O) groups excluding carboxylic acids is 2. The number of carbonyl (C=O) groups is 2. The van der Waals surface area contributed by atoms with Gasteiger partial charge in [0.1, 0.15) is 0 Å². The van der Waals surface area contributed by atoms with E-state index in [1.54, 1.807) is 4.90 Å². The van der Waals surface area contributed by atoms with Crippen LogP contribution in [0.15, 0.2) is 24.3 Å². The first-order valence-corrected chi connectivity index (χ1v) is 9.25. The van der Waals surface area contributed by atoms with Crippen molar-refractivity contribution in [2.45, 2.75) is 37.9 Å². The summed E-state index contributed by atoms with van der Waals surface area (Å²) in [6.07, 6.45) is -1.07. The largest absolute Gasteiger partial charge is 0.416 e. The third kappa shape index (κ3) is 4.61. The number of alkyl halides is 3. The fraction of sp³-hybridized carbons (Fsp3) is 0.579. The molecule has 27 heavy (non-hydrogen) atoms. The lowest BCUT2D eigenvalue weighted by Gasteiger charge is -2.35. The molecule has 2 N–H and O–H groups in total. The van der Waals surface area contributed by atoms with Gasteiger partial charge in [-0.1, -0.05) is 12.5 Å². The minimum Gasteiger partial charge on any atom is -0.339 e. The molecule has 8 heteroatoms. The topological polar surface area (TPSA) is 66.6 Å². The van der Waals surface area contributed by atoms with Crippen molar-refractivity contribution in [3.8, 4) is 0 Å². The highest BCUT2D eigenvalue weighted by molar-refractivity contribution is 5.94. The van der Waals surface area contributed by atoms with Gasteiger partial charge >= 0.3 is 6.18 Å². The molecule has 1 heterocycles. The van der Waals surface area contributed by atoms with Gasteiger partial charge in [-0.15, -0.1) is 0 Å². The van der Waals surface area contributed by atoms with Gasteiger partial charge in [-0.05, 0) is 37.0 Å². The Hall–Kier alpha value is -2.09. The lowest BCUT2D eigenvalue weighted by molar-refractivity contribution is -0.137. The van der Waals surface area contributed by atoms with Crippen LogP contribution in [-0.4, -0.2) is 53.8 Å². The fourth-order valence-corrected chi connectivity index (χ4v) is 3.84. The van der Waals surface area contributed by atoms with Crippen LogP contribution in [0.1, 0.15) is 41.6 Å². The molecule has 0 spiro atoms. The van der Waals surface area contributed by atoms with E-state index >= 15 is 0 Å². The molecule has 3 rings (SSSR count). The zero-order valence-electron chi connectivity index (χ0n) is 15.0. The number of hydrogen-bond donors (Lipinski definition) is 1. The Morgan fingerprint density at radius 1 is 1.07 bits per heavy atom. The number of rotatable bonds is 3. The maximum Gasteiger partial charge on any atom is 0.416 e. The molecule has 0 radical (unpaired) electrons. The highest BCUT2D eigenvalue weighted by Gasteiger charge is 2.33. The second kappa shape index (κ2) is 7.88. The summed E-state index contributed by atoms with van der Waals surface area (Å²) in [6.45, 7) is 1.42. The highest BCUT2D eigenvalue weighted by Crippen LogP contribution is 2.30. The molecule has 0 bridgehead atoms. The normalized spacial score (nSPS) is 23.6. The SMILES string of the molecule is N[C@@H]1CCC[C@H]1CC(=O)N1CCN(C(=O)c2cccc(C(F)(F)F)c2)CC1. The molecular weight excluding hydrogens is 359 g/mol. The van der Waals surface area contributed by atoms with Crippen LogP contribution in [0, 0.1) is 5.92 Å². The van der Waals surface area contributed by atoms with Crippen LogP contribution in [0.25, 0.3) is 0 Å². The molecule has 0 aromatic heterocycles. The van der Waals surface area contributed by atoms with Gasteiger partial charge in [-0.3, -0.25) is 9.59 Å². The van der Waals surface area contributed by atoms with Gasteiger partial charge in [0.25, 0.3) is 5.91 Å². The summed E-state index contributed by atoms with van der Waals surface area (Å²) >= 11 is 0. The Morgan fingerprint density at radius 3 is 2.33 bits per heavy atom. The third-order valence-corrected chi connectivity index (χ3v) is 5.51. The highest BCUT2D eigenvalue weighted by atomic mass is 19.4. The van der Waals surface area contributed by atoms with E-state index < -0.39 is 17.6 Å². The van der Waals surface area contributed by atoms with Crippen molar-refractivity contribution in [3.05, 3.63) is 35.4 Å². The molecule has 0 unspecified atom stereocenters. The third-order valence-electron chi connectivity index (χ3n) is 5.51. The summed E-state index contributed by atoms with van der Waals surface area (Å²) in [7, 11) is 0. The van der Waals surface area contributed by atoms with Gasteiger partial charge in [-0.25, -0.2) is 0 Å². The van der Waals surface area contributed by atoms with Gasteiger partial charge in [-0.2, -0.15) is 13.2 Å². The molecule has 2 amide bonds. The van der Waals surface area contributed by atoms with Gasteiger partial charge in [0.15, 0.2) is 0 Å². The van der Waals surface area contributed by atoms with E-state index in [9.17, 15) is 22.8 Å². The Morgan fingerprint density at radius 2 is 1.74 bits per heavy atom. The van der Waals surface area contributed by atoms with Crippen molar-refractivity contribution < 1.29 is 22.8 Å². The van der Waals surface area contributed by atoms with Crippen molar-refractivity contribution in [1.29, 1.82) is 0 Å². The van der Waals surface area contributed by atoms with E-state index in [1.807, 2.05) is 0 Å². The van der Waals surface area contributed by atoms with Crippen LogP contribution in [-0.2, 0) is 11.0 Å². The zero-order valence-corrected chi connectivity index (χ0v) is 15.0. The second-order valence-electron chi connectivity index (χ2n) is 7.31. The van der Waals surface area contributed by atoms with E-state index in [-0.39, 0.29) is 23.4 Å². The van der Waals surface area contributed by atoms with E-state index in [0.29, 0.717) is 32.6 Å². The van der Waals surface area contributed by atoms with Crippen molar-refractivity contribution in [1.82, 2.24) is 9.80 Å². The molecule has 1 aromatic rings. The molecular formula is C19H24F3N3O2. The summed E-state index contributed by atoms with van der Waals surface area (Å²) in [5.41, 5.74) is 5.20. The van der Waals surface area contributed by atoms with Gasteiger partial charge in [0.05, 0.1) is 5.56 Å². The molecule has 1 saturated heterocycles.